The number of hydrogen-bond acceptors (Lipinski definition) is 5. The van der Waals surface area contributed by atoms with Gasteiger partial charge < -0.3 is 15.0 Å². The van der Waals surface area contributed by atoms with Crippen molar-refractivity contribution >= 4 is 27.5 Å². The van der Waals surface area contributed by atoms with Gasteiger partial charge in [0.05, 0.1) is 17.7 Å². The summed E-state index contributed by atoms with van der Waals surface area (Å²) in [6, 6.07) is 31.3. The summed E-state index contributed by atoms with van der Waals surface area (Å²) in [5, 5.41) is 3.24. The van der Waals surface area contributed by atoms with E-state index in [1.165, 1.54) is 19.2 Å². The molecule has 0 aliphatic heterocycles. The summed E-state index contributed by atoms with van der Waals surface area (Å²) in [6.45, 7) is 1.60. The summed E-state index contributed by atoms with van der Waals surface area (Å²) in [5.74, 6) is -0.277. The molecule has 0 unspecified atom stereocenters. The predicted molar refractivity (Wildman–Crippen MR) is 185 cm³/mol. The Hall–Kier alpha value is -4.63. The normalized spacial score (nSPS) is 14.2. The molecule has 5 rings (SSSR count). The number of amides is 2. The SMILES string of the molecule is COc1cccc(N(CC(=O)N(Cc2ccc(C)cc2)[C@@H](Cc2ccccc2)C(=O)NC2CCCCC2)S(=O)(=O)c2ccccc2)c1. The number of benzene rings is 4. The highest BCUT2D eigenvalue weighted by Crippen LogP contribution is 2.28. The van der Waals surface area contributed by atoms with E-state index >= 15 is 0 Å². The van der Waals surface area contributed by atoms with Crippen molar-refractivity contribution in [2.75, 3.05) is 18.0 Å². The van der Waals surface area contributed by atoms with Crippen LogP contribution < -0.4 is 14.4 Å². The van der Waals surface area contributed by atoms with Gasteiger partial charge in [-0.1, -0.05) is 104 Å². The maximum atomic E-state index is 14.7. The fourth-order valence-corrected chi connectivity index (χ4v) is 7.43. The van der Waals surface area contributed by atoms with E-state index in [0.717, 1.165) is 53.1 Å². The van der Waals surface area contributed by atoms with Gasteiger partial charge in [-0.15, -0.1) is 0 Å². The molecule has 0 heterocycles. The first-order valence-electron chi connectivity index (χ1n) is 16.2. The van der Waals surface area contributed by atoms with E-state index in [2.05, 4.69) is 5.32 Å². The number of carbonyl (C=O) groups is 2. The predicted octanol–water partition coefficient (Wildman–Crippen LogP) is 6.29. The highest BCUT2D eigenvalue weighted by Gasteiger charge is 2.35. The van der Waals surface area contributed by atoms with Crippen molar-refractivity contribution in [2.24, 2.45) is 0 Å². The molecular formula is C38H43N3O5S. The molecule has 1 aliphatic carbocycles. The van der Waals surface area contributed by atoms with Gasteiger partial charge in [0.1, 0.15) is 18.3 Å². The van der Waals surface area contributed by atoms with Crippen molar-refractivity contribution in [3.05, 3.63) is 126 Å². The van der Waals surface area contributed by atoms with Crippen molar-refractivity contribution < 1.29 is 22.7 Å². The summed E-state index contributed by atoms with van der Waals surface area (Å²) >= 11 is 0. The second-order valence-corrected chi connectivity index (χ2v) is 13.9. The average molecular weight is 654 g/mol. The van der Waals surface area contributed by atoms with Crippen LogP contribution in [0.1, 0.15) is 48.8 Å². The Morgan fingerprint density at radius 2 is 1.49 bits per heavy atom. The Balaban J connectivity index is 1.56. The number of sulfonamides is 1. The van der Waals surface area contributed by atoms with E-state index in [1.807, 2.05) is 61.5 Å². The fourth-order valence-electron chi connectivity index (χ4n) is 6.00. The third-order valence-corrected chi connectivity index (χ3v) is 10.4. The Labute approximate surface area is 278 Å². The number of hydrogen-bond donors (Lipinski definition) is 1. The number of rotatable bonds is 13. The topological polar surface area (TPSA) is 96.0 Å². The van der Waals surface area contributed by atoms with Gasteiger partial charge in [0.25, 0.3) is 10.0 Å². The number of anilines is 1. The van der Waals surface area contributed by atoms with Crippen molar-refractivity contribution in [3.63, 3.8) is 0 Å². The van der Waals surface area contributed by atoms with E-state index in [9.17, 15) is 18.0 Å². The highest BCUT2D eigenvalue weighted by atomic mass is 32.2. The molecular weight excluding hydrogens is 611 g/mol. The Kier molecular flexibility index (Phi) is 11.3. The van der Waals surface area contributed by atoms with Crippen LogP contribution in [-0.4, -0.2) is 50.9 Å². The van der Waals surface area contributed by atoms with Crippen molar-refractivity contribution in [1.29, 1.82) is 0 Å². The lowest BCUT2D eigenvalue weighted by Crippen LogP contribution is -2.55. The molecule has 2 amide bonds. The molecule has 0 saturated heterocycles. The lowest BCUT2D eigenvalue weighted by molar-refractivity contribution is -0.140. The van der Waals surface area contributed by atoms with Gasteiger partial charge in [-0.3, -0.25) is 13.9 Å². The number of carbonyl (C=O) groups excluding carboxylic acids is 2. The summed E-state index contributed by atoms with van der Waals surface area (Å²) in [6.07, 6.45) is 5.32. The van der Waals surface area contributed by atoms with Crippen LogP contribution in [-0.2, 0) is 32.6 Å². The van der Waals surface area contributed by atoms with E-state index in [1.54, 1.807) is 47.4 Å². The second-order valence-electron chi connectivity index (χ2n) is 12.1. The minimum absolute atomic E-state index is 0.0394. The summed E-state index contributed by atoms with van der Waals surface area (Å²) in [5.41, 5.74) is 3.09. The molecule has 0 spiro atoms. The van der Waals surface area contributed by atoms with Crippen LogP contribution in [0.4, 0.5) is 5.69 Å². The number of methoxy groups -OCH3 is 1. The van der Waals surface area contributed by atoms with Gasteiger partial charge >= 0.3 is 0 Å². The maximum Gasteiger partial charge on any atom is 0.264 e. The van der Waals surface area contributed by atoms with Crippen LogP contribution in [0.2, 0.25) is 0 Å². The minimum Gasteiger partial charge on any atom is -0.497 e. The molecule has 1 N–H and O–H groups in total. The summed E-state index contributed by atoms with van der Waals surface area (Å²) < 4.78 is 34.9. The van der Waals surface area contributed by atoms with Crippen molar-refractivity contribution in [1.82, 2.24) is 10.2 Å². The molecule has 0 bridgehead atoms. The Bertz CT molecular complexity index is 1720. The monoisotopic (exact) mass is 653 g/mol. The molecule has 8 nitrogen and oxygen atoms in total. The quantitative estimate of drug-likeness (QED) is 0.183. The number of aryl methyl sites for hydroxylation is 1. The molecule has 246 valence electrons. The van der Waals surface area contributed by atoms with Gasteiger partial charge in [0, 0.05) is 25.1 Å². The zero-order valence-corrected chi connectivity index (χ0v) is 27.9. The first-order chi connectivity index (χ1) is 22.7. The van der Waals surface area contributed by atoms with Crippen LogP contribution in [0.5, 0.6) is 5.75 Å². The zero-order chi connectivity index (χ0) is 33.2. The van der Waals surface area contributed by atoms with Gasteiger partial charge in [-0.25, -0.2) is 8.42 Å². The molecule has 1 atom stereocenters. The van der Waals surface area contributed by atoms with Crippen molar-refractivity contribution in [2.45, 2.75) is 69.0 Å². The first-order valence-corrected chi connectivity index (χ1v) is 17.6. The molecule has 47 heavy (non-hydrogen) atoms. The van der Waals surface area contributed by atoms with Crippen LogP contribution in [0.15, 0.2) is 114 Å². The molecule has 4 aromatic carbocycles. The molecule has 1 aliphatic rings. The molecule has 0 aromatic heterocycles. The van der Waals surface area contributed by atoms with Crippen molar-refractivity contribution in [3.8, 4) is 5.75 Å². The van der Waals surface area contributed by atoms with E-state index in [0.29, 0.717) is 5.75 Å². The van der Waals surface area contributed by atoms with Crippen LogP contribution in [0.3, 0.4) is 0 Å². The smallest absolute Gasteiger partial charge is 0.264 e. The molecule has 4 aromatic rings. The molecule has 1 fully saturated rings. The van der Waals surface area contributed by atoms with Gasteiger partial charge in [-0.05, 0) is 55.2 Å². The first kappa shape index (κ1) is 33.7. The Morgan fingerprint density at radius 1 is 0.830 bits per heavy atom. The largest absolute Gasteiger partial charge is 0.497 e. The van der Waals surface area contributed by atoms with Gasteiger partial charge in [0.15, 0.2) is 0 Å². The minimum atomic E-state index is -4.18. The average Bonchev–Trinajstić information content (AvgIpc) is 3.10. The van der Waals surface area contributed by atoms with Gasteiger partial charge in [-0.2, -0.15) is 0 Å². The molecule has 1 saturated carbocycles. The van der Waals surface area contributed by atoms with E-state index in [4.69, 9.17) is 4.74 Å². The van der Waals surface area contributed by atoms with E-state index in [-0.39, 0.29) is 35.5 Å². The molecule has 0 radical (unpaired) electrons. The maximum absolute atomic E-state index is 14.7. The standard InChI is InChI=1S/C38H43N3O5S/c1-29-21-23-31(24-22-29)27-40(36(25-30-13-6-3-7-14-30)38(43)39-32-15-8-4-9-16-32)37(42)28-41(33-17-12-18-34(26-33)46-2)47(44,45)35-19-10-5-11-20-35/h3,5-7,10-14,17-24,26,32,36H,4,8-9,15-16,25,27-28H2,1-2H3,(H,39,43)/t36-/m0/s1. The van der Waals surface area contributed by atoms with E-state index < -0.39 is 28.5 Å². The highest BCUT2D eigenvalue weighted by molar-refractivity contribution is 7.92. The number of nitrogens with one attached hydrogen (secondary N) is 1. The number of nitrogens with zero attached hydrogens (tertiary/aromatic N) is 2. The fraction of sp³-hybridized carbons (Fsp3) is 0.316. The summed E-state index contributed by atoms with van der Waals surface area (Å²) in [4.78, 5) is 30.5. The number of ether oxygens (including phenoxy) is 1. The zero-order valence-electron chi connectivity index (χ0n) is 27.0. The van der Waals surface area contributed by atoms with Crippen LogP contribution >= 0.6 is 0 Å². The van der Waals surface area contributed by atoms with Crippen LogP contribution in [0.25, 0.3) is 0 Å². The third-order valence-electron chi connectivity index (χ3n) is 8.65. The third kappa shape index (κ3) is 8.80. The molecule has 9 heteroatoms. The summed E-state index contributed by atoms with van der Waals surface area (Å²) in [7, 11) is -2.68. The Morgan fingerprint density at radius 3 is 2.15 bits per heavy atom. The lowest BCUT2D eigenvalue weighted by atomic mass is 9.94. The lowest BCUT2D eigenvalue weighted by Gasteiger charge is -2.35. The second kappa shape index (κ2) is 15.8. The van der Waals surface area contributed by atoms with Crippen LogP contribution in [0, 0.1) is 6.92 Å². The van der Waals surface area contributed by atoms with Gasteiger partial charge in [0.2, 0.25) is 11.8 Å².